The van der Waals surface area contributed by atoms with E-state index in [0.29, 0.717) is 34.3 Å². The smallest absolute Gasteiger partial charge is 0.260 e. The molecule has 0 radical (unpaired) electrons. The monoisotopic (exact) mass is 556 g/mol. The zero-order chi connectivity index (χ0) is 28.8. The first-order valence-corrected chi connectivity index (χ1v) is 14.0. The lowest BCUT2D eigenvalue weighted by Gasteiger charge is -2.14. The number of halogens is 1. The molecule has 40 heavy (non-hydrogen) atoms. The average molecular weight is 557 g/mol. The van der Waals surface area contributed by atoms with Crippen LogP contribution in [0.2, 0.25) is 5.02 Å². The SMILES string of the molecule is CC/C=C(\C(C)=NC)c1ccc(-c2cc3cnc(Nc4ccc(CCN(C)C)cc4)nc3n(CC)c2=O)c(Cl)c1. The topological polar surface area (TPSA) is 75.4 Å². The number of hydrogen-bond acceptors (Lipinski definition) is 6. The third-order valence-corrected chi connectivity index (χ3v) is 7.22. The number of hydrogen-bond donors (Lipinski definition) is 1. The number of benzene rings is 2. The Morgan fingerprint density at radius 1 is 1.10 bits per heavy atom. The third kappa shape index (κ3) is 6.49. The Labute approximate surface area is 241 Å². The first kappa shape index (κ1) is 29.2. The largest absolute Gasteiger partial charge is 0.324 e. The molecule has 0 bridgehead atoms. The molecule has 2 heterocycles. The predicted molar refractivity (Wildman–Crippen MR) is 169 cm³/mol. The second kappa shape index (κ2) is 13.0. The van der Waals surface area contributed by atoms with Crippen molar-refractivity contribution in [2.45, 2.75) is 40.2 Å². The second-order valence-electron chi connectivity index (χ2n) is 9.98. The Balaban J connectivity index is 1.68. The Morgan fingerprint density at radius 2 is 1.85 bits per heavy atom. The van der Waals surface area contributed by atoms with Crippen molar-refractivity contribution in [3.05, 3.63) is 87.3 Å². The van der Waals surface area contributed by atoms with E-state index in [1.807, 2.05) is 50.2 Å². The van der Waals surface area contributed by atoms with Gasteiger partial charge in [-0.05, 0) is 81.7 Å². The van der Waals surface area contributed by atoms with Crippen LogP contribution in [-0.2, 0) is 13.0 Å². The number of aryl methyl sites for hydroxylation is 1. The van der Waals surface area contributed by atoms with Gasteiger partial charge >= 0.3 is 0 Å². The maximum absolute atomic E-state index is 13.6. The van der Waals surface area contributed by atoms with Gasteiger partial charge in [0.2, 0.25) is 5.95 Å². The molecule has 4 aromatic rings. The van der Waals surface area contributed by atoms with Crippen molar-refractivity contribution in [1.29, 1.82) is 0 Å². The van der Waals surface area contributed by atoms with Gasteiger partial charge in [-0.1, -0.05) is 48.9 Å². The lowest BCUT2D eigenvalue weighted by molar-refractivity contribution is 0.413. The Bertz CT molecular complexity index is 1620. The Morgan fingerprint density at radius 3 is 2.48 bits per heavy atom. The summed E-state index contributed by atoms with van der Waals surface area (Å²) in [5.41, 5.74) is 6.74. The number of aliphatic imine (C=N–C) groups is 1. The normalized spacial score (nSPS) is 12.4. The van der Waals surface area contributed by atoms with Crippen LogP contribution in [0.5, 0.6) is 0 Å². The minimum Gasteiger partial charge on any atom is -0.324 e. The molecule has 0 atom stereocenters. The van der Waals surface area contributed by atoms with E-state index in [1.54, 1.807) is 17.8 Å². The highest BCUT2D eigenvalue weighted by atomic mass is 35.5. The summed E-state index contributed by atoms with van der Waals surface area (Å²) in [6.45, 7) is 7.47. The highest BCUT2D eigenvalue weighted by Gasteiger charge is 2.16. The number of rotatable bonds is 10. The molecule has 0 aliphatic carbocycles. The fourth-order valence-electron chi connectivity index (χ4n) is 4.64. The van der Waals surface area contributed by atoms with E-state index in [9.17, 15) is 4.79 Å². The summed E-state index contributed by atoms with van der Waals surface area (Å²) in [4.78, 5) is 29.4. The molecule has 7 nitrogen and oxygen atoms in total. The molecule has 1 N–H and O–H groups in total. The maximum atomic E-state index is 13.6. The van der Waals surface area contributed by atoms with Crippen molar-refractivity contribution in [1.82, 2.24) is 19.4 Å². The number of nitrogens with one attached hydrogen (secondary N) is 1. The Hall–Kier alpha value is -3.81. The van der Waals surface area contributed by atoms with Gasteiger partial charge in [0, 0.05) is 59.3 Å². The summed E-state index contributed by atoms with van der Waals surface area (Å²) >= 11 is 6.78. The van der Waals surface area contributed by atoms with Gasteiger partial charge in [-0.15, -0.1) is 0 Å². The van der Waals surface area contributed by atoms with Crippen LogP contribution in [-0.4, -0.2) is 52.8 Å². The fourth-order valence-corrected chi connectivity index (χ4v) is 4.92. The minimum atomic E-state index is -0.143. The van der Waals surface area contributed by atoms with Crippen LogP contribution in [0.1, 0.15) is 38.3 Å². The van der Waals surface area contributed by atoms with Gasteiger partial charge < -0.3 is 10.2 Å². The molecular weight excluding hydrogens is 520 g/mol. The molecule has 208 valence electrons. The summed E-state index contributed by atoms with van der Waals surface area (Å²) in [7, 11) is 5.92. The first-order chi connectivity index (χ1) is 19.2. The summed E-state index contributed by atoms with van der Waals surface area (Å²) in [5.74, 6) is 0.438. The van der Waals surface area contributed by atoms with E-state index < -0.39 is 0 Å². The summed E-state index contributed by atoms with van der Waals surface area (Å²) < 4.78 is 1.67. The fraction of sp³-hybridized carbons (Fsp3) is 0.312. The molecule has 4 rings (SSSR count). The molecule has 0 unspecified atom stereocenters. The number of allylic oxidation sites excluding steroid dienone is 2. The molecule has 0 spiro atoms. The first-order valence-electron chi connectivity index (χ1n) is 13.6. The van der Waals surface area contributed by atoms with E-state index in [-0.39, 0.29) is 5.56 Å². The lowest BCUT2D eigenvalue weighted by Crippen LogP contribution is -2.22. The molecule has 0 saturated heterocycles. The van der Waals surface area contributed by atoms with Gasteiger partial charge in [-0.2, -0.15) is 4.98 Å². The molecule has 0 saturated carbocycles. The Kier molecular flexibility index (Phi) is 9.50. The average Bonchev–Trinajstić information content (AvgIpc) is 2.95. The maximum Gasteiger partial charge on any atom is 0.260 e. The predicted octanol–water partition coefficient (Wildman–Crippen LogP) is 6.86. The number of anilines is 2. The van der Waals surface area contributed by atoms with Crippen molar-refractivity contribution in [3.63, 3.8) is 0 Å². The van der Waals surface area contributed by atoms with E-state index in [0.717, 1.165) is 47.3 Å². The van der Waals surface area contributed by atoms with E-state index in [4.69, 9.17) is 16.6 Å². The lowest BCUT2D eigenvalue weighted by atomic mass is 9.97. The summed E-state index contributed by atoms with van der Waals surface area (Å²) in [6, 6.07) is 15.9. The van der Waals surface area contributed by atoms with Crippen molar-refractivity contribution < 1.29 is 0 Å². The van der Waals surface area contributed by atoms with E-state index in [1.165, 1.54) is 5.56 Å². The molecule has 0 amide bonds. The molecular formula is C32H37ClN6O. The van der Waals surface area contributed by atoms with Crippen molar-refractivity contribution in [3.8, 4) is 11.1 Å². The minimum absolute atomic E-state index is 0.143. The van der Waals surface area contributed by atoms with Crippen LogP contribution < -0.4 is 10.9 Å². The van der Waals surface area contributed by atoms with Gasteiger partial charge in [0.05, 0.1) is 0 Å². The molecule has 8 heteroatoms. The molecule has 2 aromatic heterocycles. The van der Waals surface area contributed by atoms with Crippen LogP contribution in [0.4, 0.5) is 11.6 Å². The molecule has 0 aliphatic heterocycles. The van der Waals surface area contributed by atoms with Crippen molar-refractivity contribution >= 4 is 45.6 Å². The standard InChI is InChI=1S/C32H37ClN6O/c1-7-9-26(21(3)34-4)23-12-15-27(29(33)19-23)28-18-24-20-35-32(37-30(24)39(8-2)31(28)40)36-25-13-10-22(11-14-25)16-17-38(5)6/h9-15,18-20H,7-8,16-17H2,1-6H3,(H,35,36,37)/b26-9+,34-21?. The summed E-state index contributed by atoms with van der Waals surface area (Å²) in [6.07, 6.45) is 5.75. The summed E-state index contributed by atoms with van der Waals surface area (Å²) in [5, 5.41) is 4.55. The van der Waals surface area contributed by atoms with Gasteiger partial charge in [0.25, 0.3) is 5.56 Å². The van der Waals surface area contributed by atoms with Crippen LogP contribution in [0.15, 0.2) is 70.6 Å². The highest BCUT2D eigenvalue weighted by Crippen LogP contribution is 2.31. The molecule has 2 aromatic carbocycles. The quantitative estimate of drug-likeness (QED) is 0.216. The van der Waals surface area contributed by atoms with Crippen LogP contribution in [0.25, 0.3) is 27.7 Å². The molecule has 0 fully saturated rings. The van der Waals surface area contributed by atoms with Gasteiger partial charge in [0.1, 0.15) is 5.65 Å². The number of fused-ring (bicyclic) bond motifs is 1. The van der Waals surface area contributed by atoms with Crippen LogP contribution >= 0.6 is 11.6 Å². The highest BCUT2D eigenvalue weighted by molar-refractivity contribution is 6.34. The second-order valence-corrected chi connectivity index (χ2v) is 10.4. The number of nitrogens with zero attached hydrogens (tertiary/aromatic N) is 5. The van der Waals surface area contributed by atoms with Crippen molar-refractivity contribution in [2.75, 3.05) is 33.0 Å². The third-order valence-electron chi connectivity index (χ3n) is 6.90. The van der Waals surface area contributed by atoms with Gasteiger partial charge in [-0.25, -0.2) is 4.98 Å². The van der Waals surface area contributed by atoms with E-state index >= 15 is 0 Å². The number of aromatic nitrogens is 3. The zero-order valence-corrected chi connectivity index (χ0v) is 24.9. The van der Waals surface area contributed by atoms with Gasteiger partial charge in [0.15, 0.2) is 0 Å². The van der Waals surface area contributed by atoms with Gasteiger partial charge in [-0.3, -0.25) is 14.4 Å². The zero-order valence-electron chi connectivity index (χ0n) is 24.1. The van der Waals surface area contributed by atoms with Crippen LogP contribution in [0, 0.1) is 0 Å². The van der Waals surface area contributed by atoms with Crippen LogP contribution in [0.3, 0.4) is 0 Å². The van der Waals surface area contributed by atoms with Crippen molar-refractivity contribution in [2.24, 2.45) is 4.99 Å². The molecule has 0 aliphatic rings. The van der Waals surface area contributed by atoms with E-state index in [2.05, 4.69) is 59.4 Å². The number of likely N-dealkylation sites (N-methyl/N-ethyl adjacent to an activating group) is 1. The number of pyridine rings is 1.